The molecule has 19 heavy (non-hydrogen) atoms. The SMILES string of the molecule is COc1ccc(OC)c(N(C)C(=O)C2(C#N)CC2)c1. The average Bonchev–Trinajstić information content (AvgIpc) is 3.26. The van der Waals surface area contributed by atoms with Crippen molar-refractivity contribution in [3.63, 3.8) is 0 Å². The Hall–Kier alpha value is -2.22. The Bertz CT molecular complexity index is 544. The quantitative estimate of drug-likeness (QED) is 0.830. The lowest BCUT2D eigenvalue weighted by Gasteiger charge is -2.22. The second kappa shape index (κ2) is 4.81. The van der Waals surface area contributed by atoms with E-state index in [4.69, 9.17) is 14.7 Å². The highest BCUT2D eigenvalue weighted by molar-refractivity contribution is 6.02. The van der Waals surface area contributed by atoms with Crippen molar-refractivity contribution in [3.8, 4) is 17.6 Å². The molecule has 5 nitrogen and oxygen atoms in total. The van der Waals surface area contributed by atoms with Gasteiger partial charge in [0.2, 0.25) is 5.91 Å². The summed E-state index contributed by atoms with van der Waals surface area (Å²) in [5.74, 6) is 1.02. The first kappa shape index (κ1) is 13.2. The normalized spacial score (nSPS) is 15.3. The number of anilines is 1. The van der Waals surface area contributed by atoms with Crippen LogP contribution in [0.4, 0.5) is 5.69 Å². The molecular formula is C14H16N2O3. The van der Waals surface area contributed by atoms with Gasteiger partial charge in [-0.05, 0) is 25.0 Å². The standard InChI is InChI=1S/C14H16N2O3/c1-16(13(17)14(9-15)6-7-14)11-8-10(18-2)4-5-12(11)19-3/h4-5,8H,6-7H2,1-3H3. The zero-order chi connectivity index (χ0) is 14.0. The van der Waals surface area contributed by atoms with Crippen LogP contribution in [0.1, 0.15) is 12.8 Å². The van der Waals surface area contributed by atoms with Crippen LogP contribution in [0.2, 0.25) is 0 Å². The zero-order valence-corrected chi connectivity index (χ0v) is 11.3. The summed E-state index contributed by atoms with van der Waals surface area (Å²) in [5, 5.41) is 9.10. The summed E-state index contributed by atoms with van der Waals surface area (Å²) < 4.78 is 10.4. The second-order valence-electron chi connectivity index (χ2n) is 4.60. The number of nitriles is 1. The van der Waals surface area contributed by atoms with Gasteiger partial charge in [-0.1, -0.05) is 0 Å². The Labute approximate surface area is 112 Å². The van der Waals surface area contributed by atoms with Crippen molar-refractivity contribution in [2.75, 3.05) is 26.2 Å². The highest BCUT2D eigenvalue weighted by atomic mass is 16.5. The Kier molecular flexibility index (Phi) is 3.34. The van der Waals surface area contributed by atoms with Crippen LogP contribution in [0.25, 0.3) is 0 Å². The number of carbonyl (C=O) groups excluding carboxylic acids is 1. The van der Waals surface area contributed by atoms with E-state index < -0.39 is 5.41 Å². The highest BCUT2D eigenvalue weighted by Crippen LogP contribution is 2.47. The maximum absolute atomic E-state index is 12.3. The summed E-state index contributed by atoms with van der Waals surface area (Å²) in [6.07, 6.45) is 1.25. The van der Waals surface area contributed by atoms with E-state index in [0.29, 0.717) is 30.0 Å². The van der Waals surface area contributed by atoms with Crippen LogP contribution in [0.15, 0.2) is 18.2 Å². The second-order valence-corrected chi connectivity index (χ2v) is 4.60. The van der Waals surface area contributed by atoms with E-state index in [1.165, 1.54) is 4.90 Å². The molecule has 1 aliphatic carbocycles. The van der Waals surface area contributed by atoms with E-state index in [1.807, 2.05) is 0 Å². The molecule has 0 saturated heterocycles. The van der Waals surface area contributed by atoms with Gasteiger partial charge in [0.1, 0.15) is 16.9 Å². The maximum Gasteiger partial charge on any atom is 0.247 e. The molecule has 5 heteroatoms. The van der Waals surface area contributed by atoms with Crippen LogP contribution in [-0.2, 0) is 4.79 Å². The van der Waals surface area contributed by atoms with Gasteiger partial charge in [0.15, 0.2) is 0 Å². The van der Waals surface area contributed by atoms with Gasteiger partial charge >= 0.3 is 0 Å². The summed E-state index contributed by atoms with van der Waals surface area (Å²) in [5.41, 5.74) is -0.239. The monoisotopic (exact) mass is 260 g/mol. The number of hydrogen-bond donors (Lipinski definition) is 0. The van der Waals surface area contributed by atoms with Crippen molar-refractivity contribution in [2.45, 2.75) is 12.8 Å². The van der Waals surface area contributed by atoms with Crippen molar-refractivity contribution >= 4 is 11.6 Å². The molecule has 1 aromatic carbocycles. The molecule has 0 aromatic heterocycles. The number of methoxy groups -OCH3 is 2. The molecule has 1 aromatic rings. The van der Waals surface area contributed by atoms with E-state index in [9.17, 15) is 4.79 Å². The van der Waals surface area contributed by atoms with Crippen molar-refractivity contribution < 1.29 is 14.3 Å². The van der Waals surface area contributed by atoms with Crippen LogP contribution >= 0.6 is 0 Å². The van der Waals surface area contributed by atoms with Crippen molar-refractivity contribution in [2.24, 2.45) is 5.41 Å². The molecule has 1 fully saturated rings. The molecule has 100 valence electrons. The van der Waals surface area contributed by atoms with Gasteiger partial charge in [0.25, 0.3) is 0 Å². The summed E-state index contributed by atoms with van der Waals surface area (Å²) in [6.45, 7) is 0. The lowest BCUT2D eigenvalue weighted by Crippen LogP contribution is -2.33. The number of nitrogens with zero attached hydrogens (tertiary/aromatic N) is 2. The lowest BCUT2D eigenvalue weighted by molar-refractivity contribution is -0.121. The minimum Gasteiger partial charge on any atom is -0.497 e. The van der Waals surface area contributed by atoms with E-state index in [1.54, 1.807) is 39.5 Å². The maximum atomic E-state index is 12.3. The van der Waals surface area contributed by atoms with Crippen LogP contribution in [0, 0.1) is 16.7 Å². The van der Waals surface area contributed by atoms with E-state index in [-0.39, 0.29) is 5.91 Å². The molecule has 1 amide bonds. The van der Waals surface area contributed by atoms with Crippen molar-refractivity contribution in [1.82, 2.24) is 0 Å². The molecule has 0 radical (unpaired) electrons. The minimum absolute atomic E-state index is 0.193. The molecule has 0 spiro atoms. The number of ether oxygens (including phenoxy) is 2. The Morgan fingerprint density at radius 1 is 1.37 bits per heavy atom. The summed E-state index contributed by atoms with van der Waals surface area (Å²) in [6, 6.07) is 7.33. The average molecular weight is 260 g/mol. The van der Waals surface area contributed by atoms with Gasteiger partial charge in [-0.2, -0.15) is 5.26 Å². The van der Waals surface area contributed by atoms with Crippen LogP contribution in [-0.4, -0.2) is 27.2 Å². The largest absolute Gasteiger partial charge is 0.497 e. The van der Waals surface area contributed by atoms with Crippen molar-refractivity contribution in [3.05, 3.63) is 18.2 Å². The van der Waals surface area contributed by atoms with E-state index >= 15 is 0 Å². The first-order valence-electron chi connectivity index (χ1n) is 5.99. The Morgan fingerprint density at radius 3 is 2.53 bits per heavy atom. The van der Waals surface area contributed by atoms with Crippen LogP contribution in [0.5, 0.6) is 11.5 Å². The third-order valence-electron chi connectivity index (χ3n) is 3.43. The molecule has 2 rings (SSSR count). The summed E-state index contributed by atoms with van der Waals surface area (Å²) >= 11 is 0. The van der Waals surface area contributed by atoms with Crippen molar-refractivity contribution in [1.29, 1.82) is 5.26 Å². The highest BCUT2D eigenvalue weighted by Gasteiger charge is 2.52. The lowest BCUT2D eigenvalue weighted by atomic mass is 10.1. The summed E-state index contributed by atoms with van der Waals surface area (Å²) in [4.78, 5) is 13.8. The molecule has 1 saturated carbocycles. The third kappa shape index (κ3) is 2.22. The van der Waals surface area contributed by atoms with Gasteiger partial charge < -0.3 is 14.4 Å². The predicted molar refractivity (Wildman–Crippen MR) is 70.2 cm³/mol. The number of hydrogen-bond acceptors (Lipinski definition) is 4. The topological polar surface area (TPSA) is 62.6 Å². The first-order valence-corrected chi connectivity index (χ1v) is 5.99. The molecule has 1 aliphatic rings. The smallest absolute Gasteiger partial charge is 0.247 e. The molecule has 0 atom stereocenters. The number of benzene rings is 1. The fourth-order valence-electron chi connectivity index (χ4n) is 1.99. The molecule has 0 heterocycles. The van der Waals surface area contributed by atoms with Gasteiger partial charge in [-0.15, -0.1) is 0 Å². The van der Waals surface area contributed by atoms with E-state index in [0.717, 1.165) is 0 Å². The molecule has 0 aliphatic heterocycles. The fourth-order valence-corrected chi connectivity index (χ4v) is 1.99. The Balaban J connectivity index is 2.35. The number of carbonyl (C=O) groups is 1. The van der Waals surface area contributed by atoms with Gasteiger partial charge in [-0.3, -0.25) is 4.79 Å². The molecule has 0 N–H and O–H groups in total. The van der Waals surface area contributed by atoms with E-state index in [2.05, 4.69) is 6.07 Å². The molecule has 0 unspecified atom stereocenters. The van der Waals surface area contributed by atoms with Gasteiger partial charge in [0, 0.05) is 13.1 Å². The number of amides is 1. The van der Waals surface area contributed by atoms with Crippen LogP contribution < -0.4 is 14.4 Å². The molecular weight excluding hydrogens is 244 g/mol. The van der Waals surface area contributed by atoms with Gasteiger partial charge in [0.05, 0.1) is 26.0 Å². The van der Waals surface area contributed by atoms with Gasteiger partial charge in [-0.25, -0.2) is 0 Å². The minimum atomic E-state index is -0.844. The Morgan fingerprint density at radius 2 is 2.05 bits per heavy atom. The fraction of sp³-hybridized carbons (Fsp3) is 0.429. The predicted octanol–water partition coefficient (Wildman–Crippen LogP) is 1.97. The number of rotatable bonds is 4. The zero-order valence-electron chi connectivity index (χ0n) is 11.3. The summed E-state index contributed by atoms with van der Waals surface area (Å²) in [7, 11) is 4.75. The third-order valence-corrected chi connectivity index (χ3v) is 3.43. The van der Waals surface area contributed by atoms with Crippen LogP contribution in [0.3, 0.4) is 0 Å². The first-order chi connectivity index (χ1) is 9.07. The molecule has 0 bridgehead atoms.